The van der Waals surface area contributed by atoms with Crippen LogP contribution >= 0.6 is 0 Å². The Morgan fingerprint density at radius 1 is 1.33 bits per heavy atom. The highest BCUT2D eigenvalue weighted by Crippen LogP contribution is 2.00. The fourth-order valence-electron chi connectivity index (χ4n) is 1.35. The third-order valence-electron chi connectivity index (χ3n) is 2.39. The summed E-state index contributed by atoms with van der Waals surface area (Å²) < 4.78 is 10.1. The fraction of sp³-hybridized carbons (Fsp3) is 0.909. The van der Waals surface area contributed by atoms with Crippen molar-refractivity contribution in [3.05, 3.63) is 0 Å². The molecule has 0 amide bonds. The monoisotopic (exact) mass is 217 g/mol. The van der Waals surface area contributed by atoms with Crippen molar-refractivity contribution in [3.63, 3.8) is 0 Å². The van der Waals surface area contributed by atoms with Crippen molar-refractivity contribution >= 4 is 5.78 Å². The molecule has 0 heterocycles. The van der Waals surface area contributed by atoms with Gasteiger partial charge in [0.15, 0.2) is 0 Å². The van der Waals surface area contributed by atoms with E-state index in [0.717, 1.165) is 6.54 Å². The molecule has 0 aliphatic carbocycles. The van der Waals surface area contributed by atoms with Gasteiger partial charge in [-0.2, -0.15) is 0 Å². The van der Waals surface area contributed by atoms with Crippen LogP contribution in [-0.2, 0) is 14.3 Å². The second kappa shape index (κ2) is 8.83. The minimum atomic E-state index is 0.251. The molecule has 0 fully saturated rings. The van der Waals surface area contributed by atoms with Crippen LogP contribution in [0.1, 0.15) is 20.3 Å². The Bertz CT molecular complexity index is 173. The van der Waals surface area contributed by atoms with E-state index >= 15 is 0 Å². The molecule has 1 unspecified atom stereocenters. The van der Waals surface area contributed by atoms with Crippen LogP contribution in [0.3, 0.4) is 0 Å². The summed E-state index contributed by atoms with van der Waals surface area (Å²) >= 11 is 0. The lowest BCUT2D eigenvalue weighted by molar-refractivity contribution is -0.120. The van der Waals surface area contributed by atoms with E-state index in [9.17, 15) is 4.79 Å². The van der Waals surface area contributed by atoms with Gasteiger partial charge in [-0.05, 0) is 6.92 Å². The lowest BCUT2D eigenvalue weighted by atomic mass is 10.2. The molecule has 0 radical (unpaired) electrons. The zero-order valence-electron chi connectivity index (χ0n) is 10.3. The van der Waals surface area contributed by atoms with E-state index in [2.05, 4.69) is 11.8 Å². The summed E-state index contributed by atoms with van der Waals surface area (Å²) in [5.41, 5.74) is 0. The Morgan fingerprint density at radius 2 is 2.00 bits per heavy atom. The molecule has 15 heavy (non-hydrogen) atoms. The van der Waals surface area contributed by atoms with Crippen molar-refractivity contribution < 1.29 is 14.3 Å². The van der Waals surface area contributed by atoms with Gasteiger partial charge in [0.25, 0.3) is 0 Å². The normalized spacial score (nSPS) is 13.1. The van der Waals surface area contributed by atoms with Crippen LogP contribution < -0.4 is 0 Å². The number of hydrogen-bond acceptors (Lipinski definition) is 4. The minimum Gasteiger partial charge on any atom is -0.383 e. The number of methoxy groups -OCH3 is 2. The van der Waals surface area contributed by atoms with Gasteiger partial charge in [0, 0.05) is 33.2 Å². The molecular formula is C11H23NO3. The van der Waals surface area contributed by atoms with Gasteiger partial charge >= 0.3 is 0 Å². The molecule has 0 saturated heterocycles. The maximum absolute atomic E-state index is 11.4. The molecular weight excluding hydrogens is 194 g/mol. The molecule has 0 aromatic heterocycles. The number of carbonyl (C=O) groups is 1. The molecule has 0 aliphatic rings. The van der Waals surface area contributed by atoms with E-state index in [4.69, 9.17) is 9.47 Å². The highest BCUT2D eigenvalue weighted by Gasteiger charge is 2.15. The van der Waals surface area contributed by atoms with Crippen LogP contribution in [0.4, 0.5) is 0 Å². The van der Waals surface area contributed by atoms with Gasteiger partial charge in [-0.25, -0.2) is 0 Å². The fourth-order valence-corrected chi connectivity index (χ4v) is 1.35. The summed E-state index contributed by atoms with van der Waals surface area (Å²) in [5.74, 6) is 0.258. The molecule has 0 bridgehead atoms. The quantitative estimate of drug-likeness (QED) is 0.576. The van der Waals surface area contributed by atoms with Crippen LogP contribution in [0.5, 0.6) is 0 Å². The van der Waals surface area contributed by atoms with E-state index in [-0.39, 0.29) is 11.8 Å². The second-order valence-electron chi connectivity index (χ2n) is 3.66. The number of rotatable bonds is 9. The van der Waals surface area contributed by atoms with Gasteiger partial charge in [0.2, 0.25) is 0 Å². The third kappa shape index (κ3) is 6.60. The van der Waals surface area contributed by atoms with Crippen molar-refractivity contribution in [3.8, 4) is 0 Å². The summed E-state index contributed by atoms with van der Waals surface area (Å²) in [6, 6.07) is 0.251. The van der Waals surface area contributed by atoms with Crippen LogP contribution in [-0.4, -0.2) is 57.2 Å². The lowest BCUT2D eigenvalue weighted by Gasteiger charge is -2.27. The van der Waals surface area contributed by atoms with Crippen LogP contribution in [0, 0.1) is 0 Å². The largest absolute Gasteiger partial charge is 0.383 e. The SMILES string of the molecule is CCC(=O)CN(CCOC)C(C)COC. The third-order valence-corrected chi connectivity index (χ3v) is 2.39. The predicted molar refractivity (Wildman–Crippen MR) is 60.1 cm³/mol. The van der Waals surface area contributed by atoms with E-state index in [0.29, 0.717) is 26.2 Å². The Kier molecular flexibility index (Phi) is 8.56. The van der Waals surface area contributed by atoms with Gasteiger partial charge < -0.3 is 9.47 Å². The predicted octanol–water partition coefficient (Wildman–Crippen LogP) is 0.949. The maximum atomic E-state index is 11.4. The molecule has 4 nitrogen and oxygen atoms in total. The first-order chi connectivity index (χ1) is 7.15. The van der Waals surface area contributed by atoms with E-state index in [1.807, 2.05) is 6.92 Å². The number of ketones is 1. The molecule has 0 aromatic carbocycles. The number of ether oxygens (including phenoxy) is 2. The number of carbonyl (C=O) groups excluding carboxylic acids is 1. The number of Topliss-reactive ketones (excluding diaryl/α,β-unsaturated/α-hetero) is 1. The van der Waals surface area contributed by atoms with Gasteiger partial charge in [-0.15, -0.1) is 0 Å². The summed E-state index contributed by atoms with van der Waals surface area (Å²) in [6.45, 7) is 6.49. The molecule has 0 aromatic rings. The zero-order chi connectivity index (χ0) is 11.7. The molecule has 0 aliphatic heterocycles. The zero-order valence-corrected chi connectivity index (χ0v) is 10.3. The average molecular weight is 217 g/mol. The molecule has 0 spiro atoms. The number of nitrogens with zero attached hydrogens (tertiary/aromatic N) is 1. The van der Waals surface area contributed by atoms with Crippen molar-refractivity contribution in [1.82, 2.24) is 4.90 Å². The van der Waals surface area contributed by atoms with E-state index < -0.39 is 0 Å². The summed E-state index contributed by atoms with van der Waals surface area (Å²) in [5, 5.41) is 0. The second-order valence-corrected chi connectivity index (χ2v) is 3.66. The first kappa shape index (κ1) is 14.6. The van der Waals surface area contributed by atoms with Crippen molar-refractivity contribution in [2.45, 2.75) is 26.3 Å². The lowest BCUT2D eigenvalue weighted by Crippen LogP contribution is -2.41. The number of hydrogen-bond donors (Lipinski definition) is 0. The smallest absolute Gasteiger partial charge is 0.146 e. The van der Waals surface area contributed by atoms with Crippen LogP contribution in [0.25, 0.3) is 0 Å². The van der Waals surface area contributed by atoms with Crippen molar-refractivity contribution in [1.29, 1.82) is 0 Å². The molecule has 4 heteroatoms. The highest BCUT2D eigenvalue weighted by molar-refractivity contribution is 5.80. The first-order valence-electron chi connectivity index (χ1n) is 5.39. The average Bonchev–Trinajstić information content (AvgIpc) is 2.24. The summed E-state index contributed by atoms with van der Waals surface area (Å²) in [7, 11) is 3.34. The van der Waals surface area contributed by atoms with Gasteiger partial charge in [-0.1, -0.05) is 6.92 Å². The van der Waals surface area contributed by atoms with Gasteiger partial charge in [0.05, 0.1) is 19.8 Å². The van der Waals surface area contributed by atoms with E-state index in [1.54, 1.807) is 14.2 Å². The minimum absolute atomic E-state index is 0.251. The first-order valence-corrected chi connectivity index (χ1v) is 5.39. The Morgan fingerprint density at radius 3 is 2.47 bits per heavy atom. The van der Waals surface area contributed by atoms with E-state index in [1.165, 1.54) is 0 Å². The Balaban J connectivity index is 4.09. The standard InChI is InChI=1S/C11H23NO3/c1-5-11(13)8-12(6-7-14-3)10(2)9-15-4/h10H,5-9H2,1-4H3. The van der Waals surface area contributed by atoms with Crippen LogP contribution in [0.15, 0.2) is 0 Å². The molecule has 0 N–H and O–H groups in total. The van der Waals surface area contributed by atoms with Crippen LogP contribution in [0.2, 0.25) is 0 Å². The molecule has 1 atom stereocenters. The maximum Gasteiger partial charge on any atom is 0.146 e. The molecule has 0 saturated carbocycles. The Labute approximate surface area is 92.5 Å². The topological polar surface area (TPSA) is 38.8 Å². The summed E-state index contributed by atoms with van der Waals surface area (Å²) in [6.07, 6.45) is 0.586. The summed E-state index contributed by atoms with van der Waals surface area (Å²) in [4.78, 5) is 13.5. The van der Waals surface area contributed by atoms with Gasteiger partial charge in [-0.3, -0.25) is 9.69 Å². The highest BCUT2D eigenvalue weighted by atomic mass is 16.5. The van der Waals surface area contributed by atoms with Gasteiger partial charge in [0.1, 0.15) is 5.78 Å². The van der Waals surface area contributed by atoms with Crippen molar-refractivity contribution in [2.75, 3.05) is 40.5 Å². The molecule has 0 rings (SSSR count). The van der Waals surface area contributed by atoms with Crippen molar-refractivity contribution in [2.24, 2.45) is 0 Å². The Hall–Kier alpha value is -0.450. The molecule has 90 valence electrons.